The van der Waals surface area contributed by atoms with Gasteiger partial charge in [-0.05, 0) is 20.8 Å². The van der Waals surface area contributed by atoms with Crippen molar-refractivity contribution in [2.45, 2.75) is 40.7 Å². The summed E-state index contributed by atoms with van der Waals surface area (Å²) in [5, 5.41) is 8.44. The molecule has 2 aromatic rings. The van der Waals surface area contributed by atoms with Crippen LogP contribution in [0.5, 0.6) is 0 Å². The first-order valence-electron chi connectivity index (χ1n) is 9.14. The second-order valence-corrected chi connectivity index (χ2v) is 7.02. The molecule has 8 nitrogen and oxygen atoms in total. The van der Waals surface area contributed by atoms with Gasteiger partial charge in [-0.3, -0.25) is 0 Å². The second kappa shape index (κ2) is 8.48. The van der Waals surface area contributed by atoms with Crippen LogP contribution in [0.4, 0.5) is 5.13 Å². The minimum atomic E-state index is 0.583. The van der Waals surface area contributed by atoms with Gasteiger partial charge in [0.15, 0.2) is 5.96 Å². The molecule has 2 aromatic heterocycles. The average molecular weight is 378 g/mol. The third kappa shape index (κ3) is 4.14. The van der Waals surface area contributed by atoms with Crippen molar-refractivity contribution in [1.29, 1.82) is 0 Å². The van der Waals surface area contributed by atoms with Crippen LogP contribution in [0.2, 0.25) is 0 Å². The normalized spacial score (nSPS) is 15.6. The predicted octanol–water partition coefficient (Wildman–Crippen LogP) is 1.99. The molecule has 3 rings (SSSR count). The number of anilines is 1. The lowest BCUT2D eigenvalue weighted by atomic mass is 10.2. The number of aryl methyl sites for hydroxylation is 3. The van der Waals surface area contributed by atoms with Gasteiger partial charge in [-0.25, -0.2) is 9.98 Å². The minimum absolute atomic E-state index is 0.583. The third-order valence-electron chi connectivity index (χ3n) is 4.53. The molecule has 0 amide bonds. The molecule has 0 aromatic carbocycles. The van der Waals surface area contributed by atoms with Crippen LogP contribution in [0.1, 0.15) is 36.7 Å². The Balaban J connectivity index is 1.63. The van der Waals surface area contributed by atoms with Crippen molar-refractivity contribution in [1.82, 2.24) is 24.7 Å². The van der Waals surface area contributed by atoms with E-state index in [-0.39, 0.29) is 0 Å². The SMILES string of the molecule is CCNC(=NCc1c(C)noc1C)N1CCN(c2nc(CC)ns2)CC1. The maximum atomic E-state index is 5.24. The fraction of sp³-hybridized carbons (Fsp3) is 0.647. The average Bonchev–Trinajstić information content (AvgIpc) is 3.26. The summed E-state index contributed by atoms with van der Waals surface area (Å²) in [6.07, 6.45) is 0.884. The highest BCUT2D eigenvalue weighted by molar-refractivity contribution is 7.09. The van der Waals surface area contributed by atoms with Gasteiger partial charge in [0.05, 0.1) is 12.2 Å². The Morgan fingerprint density at radius 1 is 1.23 bits per heavy atom. The van der Waals surface area contributed by atoms with Crippen molar-refractivity contribution in [2.24, 2.45) is 4.99 Å². The largest absolute Gasteiger partial charge is 0.361 e. The summed E-state index contributed by atoms with van der Waals surface area (Å²) in [7, 11) is 0. The number of hydrogen-bond donors (Lipinski definition) is 1. The van der Waals surface area contributed by atoms with Crippen molar-refractivity contribution in [3.8, 4) is 0 Å². The molecule has 1 aliphatic rings. The lowest BCUT2D eigenvalue weighted by Crippen LogP contribution is -2.52. The summed E-state index contributed by atoms with van der Waals surface area (Å²) < 4.78 is 9.63. The molecule has 1 N–H and O–H groups in total. The Kier molecular flexibility index (Phi) is 6.08. The molecule has 142 valence electrons. The van der Waals surface area contributed by atoms with E-state index in [1.165, 1.54) is 11.5 Å². The van der Waals surface area contributed by atoms with Gasteiger partial charge in [0.2, 0.25) is 5.13 Å². The molecule has 1 saturated heterocycles. The summed E-state index contributed by atoms with van der Waals surface area (Å²) in [4.78, 5) is 14.0. The Bertz CT molecular complexity index is 727. The number of piperazine rings is 1. The first kappa shape index (κ1) is 18.6. The Morgan fingerprint density at radius 2 is 2.00 bits per heavy atom. The number of nitrogens with one attached hydrogen (secondary N) is 1. The number of hydrogen-bond acceptors (Lipinski definition) is 7. The molecule has 0 atom stereocenters. The highest BCUT2D eigenvalue weighted by atomic mass is 32.1. The zero-order chi connectivity index (χ0) is 18.5. The number of rotatable bonds is 5. The summed E-state index contributed by atoms with van der Waals surface area (Å²) in [5.41, 5.74) is 1.98. The summed E-state index contributed by atoms with van der Waals surface area (Å²) in [6, 6.07) is 0. The van der Waals surface area contributed by atoms with Crippen LogP contribution in [0.15, 0.2) is 9.52 Å². The molecule has 1 fully saturated rings. The maximum Gasteiger partial charge on any atom is 0.205 e. The molecule has 1 aliphatic heterocycles. The molecular formula is C17H27N7OS. The Labute approximate surface area is 158 Å². The molecule has 26 heavy (non-hydrogen) atoms. The van der Waals surface area contributed by atoms with E-state index < -0.39 is 0 Å². The Morgan fingerprint density at radius 3 is 2.58 bits per heavy atom. The summed E-state index contributed by atoms with van der Waals surface area (Å²) >= 11 is 1.50. The van der Waals surface area contributed by atoms with E-state index in [1.807, 2.05) is 13.8 Å². The second-order valence-electron chi connectivity index (χ2n) is 6.29. The van der Waals surface area contributed by atoms with Gasteiger partial charge in [0.25, 0.3) is 0 Å². The summed E-state index contributed by atoms with van der Waals surface area (Å²) in [6.45, 7) is 13.2. The van der Waals surface area contributed by atoms with E-state index in [0.29, 0.717) is 6.54 Å². The lowest BCUT2D eigenvalue weighted by molar-refractivity contribution is 0.372. The monoisotopic (exact) mass is 377 g/mol. The zero-order valence-electron chi connectivity index (χ0n) is 15.9. The standard InChI is InChI=1S/C17H27N7OS/c1-5-15-20-17(26-22-15)24-9-7-23(8-10-24)16(18-6-2)19-11-14-12(3)21-25-13(14)4/h5-11H2,1-4H3,(H,18,19). The smallest absolute Gasteiger partial charge is 0.205 e. The fourth-order valence-corrected chi connectivity index (χ4v) is 3.73. The van der Waals surface area contributed by atoms with Crippen LogP contribution in [0, 0.1) is 13.8 Å². The van der Waals surface area contributed by atoms with Crippen LogP contribution < -0.4 is 10.2 Å². The number of nitrogens with zero attached hydrogens (tertiary/aromatic N) is 6. The molecular weight excluding hydrogens is 350 g/mol. The van der Waals surface area contributed by atoms with Crippen molar-refractivity contribution >= 4 is 22.6 Å². The lowest BCUT2D eigenvalue weighted by Gasteiger charge is -2.36. The quantitative estimate of drug-likeness (QED) is 0.630. The van der Waals surface area contributed by atoms with Crippen molar-refractivity contribution in [3.05, 3.63) is 22.8 Å². The first-order chi connectivity index (χ1) is 12.6. The van der Waals surface area contributed by atoms with Gasteiger partial charge in [-0.15, -0.1) is 0 Å². The van der Waals surface area contributed by atoms with E-state index in [9.17, 15) is 0 Å². The van der Waals surface area contributed by atoms with E-state index in [0.717, 1.165) is 73.1 Å². The third-order valence-corrected chi connectivity index (χ3v) is 5.34. The number of aliphatic imine (C=N–C) groups is 1. The van der Waals surface area contributed by atoms with Gasteiger partial charge in [-0.2, -0.15) is 4.37 Å². The van der Waals surface area contributed by atoms with Crippen LogP contribution >= 0.6 is 11.5 Å². The summed E-state index contributed by atoms with van der Waals surface area (Å²) in [5.74, 6) is 2.72. The van der Waals surface area contributed by atoms with Gasteiger partial charge in [0, 0.05) is 56.2 Å². The molecule has 0 aliphatic carbocycles. The van der Waals surface area contributed by atoms with Crippen molar-refractivity contribution < 1.29 is 4.52 Å². The number of aromatic nitrogens is 3. The fourth-order valence-electron chi connectivity index (χ4n) is 2.93. The molecule has 3 heterocycles. The van der Waals surface area contributed by atoms with E-state index in [1.54, 1.807) is 0 Å². The van der Waals surface area contributed by atoms with Gasteiger partial charge >= 0.3 is 0 Å². The van der Waals surface area contributed by atoms with Crippen LogP contribution in [-0.4, -0.2) is 58.1 Å². The van der Waals surface area contributed by atoms with E-state index >= 15 is 0 Å². The van der Waals surface area contributed by atoms with Crippen LogP contribution in [0.25, 0.3) is 0 Å². The van der Waals surface area contributed by atoms with E-state index in [2.05, 4.69) is 43.5 Å². The van der Waals surface area contributed by atoms with Crippen molar-refractivity contribution in [3.63, 3.8) is 0 Å². The topological polar surface area (TPSA) is 82.7 Å². The van der Waals surface area contributed by atoms with Gasteiger partial charge in [0.1, 0.15) is 11.6 Å². The van der Waals surface area contributed by atoms with Gasteiger partial charge < -0.3 is 19.6 Å². The van der Waals surface area contributed by atoms with Crippen molar-refractivity contribution in [2.75, 3.05) is 37.6 Å². The molecule has 0 unspecified atom stereocenters. The Hall–Kier alpha value is -2.16. The highest BCUT2D eigenvalue weighted by Crippen LogP contribution is 2.19. The predicted molar refractivity (Wildman–Crippen MR) is 104 cm³/mol. The van der Waals surface area contributed by atoms with Gasteiger partial charge in [-0.1, -0.05) is 12.1 Å². The highest BCUT2D eigenvalue weighted by Gasteiger charge is 2.22. The number of guanidine groups is 1. The molecule has 0 saturated carbocycles. The molecule has 0 spiro atoms. The molecule has 0 bridgehead atoms. The zero-order valence-corrected chi connectivity index (χ0v) is 16.8. The molecule has 0 radical (unpaired) electrons. The van der Waals surface area contributed by atoms with Crippen LogP contribution in [-0.2, 0) is 13.0 Å². The van der Waals surface area contributed by atoms with E-state index in [4.69, 9.17) is 9.52 Å². The first-order valence-corrected chi connectivity index (χ1v) is 9.92. The minimum Gasteiger partial charge on any atom is -0.361 e. The van der Waals surface area contributed by atoms with Crippen LogP contribution in [0.3, 0.4) is 0 Å². The maximum absolute atomic E-state index is 5.24. The molecule has 9 heteroatoms.